The number of nitrogens with zero attached hydrogens (tertiary/aromatic N) is 7. The first-order valence-corrected chi connectivity index (χ1v) is 8.52. The maximum Gasteiger partial charge on any atom is 0.256 e. The number of fused-ring (bicyclic) bond motifs is 1. The van der Waals surface area contributed by atoms with Crippen molar-refractivity contribution >= 4 is 34.4 Å². The maximum atomic E-state index is 6.10. The van der Waals surface area contributed by atoms with Crippen LogP contribution >= 0.6 is 23.4 Å². The summed E-state index contributed by atoms with van der Waals surface area (Å²) >= 11 is 7.67. The number of halogens is 1. The van der Waals surface area contributed by atoms with Crippen molar-refractivity contribution in [3.8, 4) is 5.95 Å². The van der Waals surface area contributed by atoms with Gasteiger partial charge in [0.15, 0.2) is 5.16 Å². The van der Waals surface area contributed by atoms with E-state index in [9.17, 15) is 0 Å². The highest BCUT2D eigenvalue weighted by Crippen LogP contribution is 2.29. The van der Waals surface area contributed by atoms with Gasteiger partial charge in [-0.2, -0.15) is 0 Å². The molecule has 0 amide bonds. The molecule has 4 aromatic rings. The van der Waals surface area contributed by atoms with Crippen molar-refractivity contribution in [3.63, 3.8) is 0 Å². The van der Waals surface area contributed by atoms with E-state index in [-0.39, 0.29) is 0 Å². The normalized spacial score (nSPS) is 11.2. The monoisotopic (exact) mass is 357 g/mol. The van der Waals surface area contributed by atoms with Crippen LogP contribution in [-0.4, -0.2) is 34.7 Å². The van der Waals surface area contributed by atoms with Crippen molar-refractivity contribution in [1.82, 2.24) is 34.7 Å². The van der Waals surface area contributed by atoms with Crippen molar-refractivity contribution in [2.24, 2.45) is 7.05 Å². The molecule has 0 aliphatic rings. The highest BCUT2D eigenvalue weighted by molar-refractivity contribution is 7.98. The molecule has 0 aliphatic carbocycles. The molecule has 0 atom stereocenters. The van der Waals surface area contributed by atoms with Gasteiger partial charge >= 0.3 is 0 Å². The summed E-state index contributed by atoms with van der Waals surface area (Å²) in [5.41, 5.74) is 2.69. The van der Waals surface area contributed by atoms with Gasteiger partial charge in [-0.3, -0.25) is 9.55 Å². The number of hydrogen-bond acceptors (Lipinski definition) is 6. The smallest absolute Gasteiger partial charge is 0.256 e. The standard InChI is InChI=1S/C15H12ClN7S/c1-22-14(19-20-21-22)23-13-6-5-10(16)8-12(13)18-15(23)24-9-11-4-2-3-7-17-11/h2-8H,9H2,1H3. The molecule has 120 valence electrons. The molecule has 9 heteroatoms. The molecule has 0 N–H and O–H groups in total. The number of tetrazole rings is 1. The molecule has 1 aromatic carbocycles. The zero-order valence-electron chi connectivity index (χ0n) is 12.7. The summed E-state index contributed by atoms with van der Waals surface area (Å²) in [5.74, 6) is 1.30. The predicted octanol–water partition coefficient (Wildman–Crippen LogP) is 2.89. The van der Waals surface area contributed by atoms with E-state index in [2.05, 4.69) is 20.5 Å². The fourth-order valence-corrected chi connectivity index (χ4v) is 3.44. The first-order chi connectivity index (χ1) is 11.7. The Balaban J connectivity index is 1.80. The highest BCUT2D eigenvalue weighted by Gasteiger charge is 2.17. The molecule has 0 saturated carbocycles. The molecule has 24 heavy (non-hydrogen) atoms. The lowest BCUT2D eigenvalue weighted by Gasteiger charge is -2.06. The molecule has 4 rings (SSSR count). The second-order valence-corrected chi connectivity index (χ2v) is 6.45. The molecule has 0 spiro atoms. The topological polar surface area (TPSA) is 74.3 Å². The van der Waals surface area contributed by atoms with E-state index in [0.29, 0.717) is 16.7 Å². The summed E-state index contributed by atoms with van der Waals surface area (Å²) in [4.78, 5) is 9.04. The first kappa shape index (κ1) is 15.1. The molecule has 0 unspecified atom stereocenters. The summed E-state index contributed by atoms with van der Waals surface area (Å²) in [6, 6.07) is 11.4. The number of pyridine rings is 1. The van der Waals surface area contributed by atoms with Crippen molar-refractivity contribution in [2.45, 2.75) is 10.9 Å². The third kappa shape index (κ3) is 2.74. The van der Waals surface area contributed by atoms with Gasteiger partial charge in [-0.1, -0.05) is 34.5 Å². The van der Waals surface area contributed by atoms with Crippen LogP contribution in [0.1, 0.15) is 5.69 Å². The number of imidazole rings is 1. The summed E-state index contributed by atoms with van der Waals surface area (Å²) in [5, 5.41) is 13.2. The third-order valence-electron chi connectivity index (χ3n) is 3.46. The Kier molecular flexibility index (Phi) is 3.91. The summed E-state index contributed by atoms with van der Waals surface area (Å²) < 4.78 is 3.54. The van der Waals surface area contributed by atoms with E-state index in [1.165, 1.54) is 0 Å². The minimum absolute atomic E-state index is 0.600. The van der Waals surface area contributed by atoms with Gasteiger partial charge in [-0.05, 0) is 40.8 Å². The number of benzene rings is 1. The second kappa shape index (κ2) is 6.21. The number of aryl methyl sites for hydroxylation is 1. The van der Waals surface area contributed by atoms with Gasteiger partial charge in [0.2, 0.25) is 0 Å². The molecule has 0 bridgehead atoms. The lowest BCUT2D eigenvalue weighted by molar-refractivity contribution is 0.682. The second-order valence-electron chi connectivity index (χ2n) is 5.08. The van der Waals surface area contributed by atoms with Crippen LogP contribution < -0.4 is 0 Å². The molecule has 3 heterocycles. The lowest BCUT2D eigenvalue weighted by Crippen LogP contribution is -2.05. The Morgan fingerprint density at radius 1 is 1.21 bits per heavy atom. The molecule has 7 nitrogen and oxygen atoms in total. The number of thioether (sulfide) groups is 1. The molecule has 0 radical (unpaired) electrons. The van der Waals surface area contributed by atoms with Crippen molar-refractivity contribution in [2.75, 3.05) is 0 Å². The fraction of sp³-hybridized carbons (Fsp3) is 0.133. The van der Waals surface area contributed by atoms with E-state index in [1.54, 1.807) is 29.7 Å². The van der Waals surface area contributed by atoms with Crippen molar-refractivity contribution in [1.29, 1.82) is 0 Å². The Hall–Kier alpha value is -2.45. The Morgan fingerprint density at radius 2 is 2.12 bits per heavy atom. The molecular formula is C15H12ClN7S. The largest absolute Gasteiger partial charge is 0.260 e. The van der Waals surface area contributed by atoms with Crippen LogP contribution in [0.15, 0.2) is 47.8 Å². The van der Waals surface area contributed by atoms with E-state index in [1.807, 2.05) is 41.0 Å². The summed E-state index contributed by atoms with van der Waals surface area (Å²) in [7, 11) is 1.80. The molecule has 0 fully saturated rings. The Bertz CT molecular complexity index is 996. The van der Waals surface area contributed by atoms with Gasteiger partial charge in [0.05, 0.1) is 16.7 Å². The van der Waals surface area contributed by atoms with Crippen molar-refractivity contribution < 1.29 is 0 Å². The van der Waals surface area contributed by atoms with E-state index >= 15 is 0 Å². The molecular weight excluding hydrogens is 346 g/mol. The van der Waals surface area contributed by atoms with Gasteiger partial charge in [-0.25, -0.2) is 9.67 Å². The molecule has 0 saturated heterocycles. The zero-order valence-corrected chi connectivity index (χ0v) is 14.2. The van der Waals surface area contributed by atoms with E-state index in [0.717, 1.165) is 21.9 Å². The zero-order chi connectivity index (χ0) is 16.5. The highest BCUT2D eigenvalue weighted by atomic mass is 35.5. The fourth-order valence-electron chi connectivity index (χ4n) is 2.36. The van der Waals surface area contributed by atoms with Crippen LogP contribution in [-0.2, 0) is 12.8 Å². The van der Waals surface area contributed by atoms with Gasteiger partial charge in [-0.15, -0.1) is 0 Å². The average Bonchev–Trinajstić information content (AvgIpc) is 3.16. The van der Waals surface area contributed by atoms with Crippen LogP contribution in [0.5, 0.6) is 0 Å². The van der Waals surface area contributed by atoms with E-state index < -0.39 is 0 Å². The van der Waals surface area contributed by atoms with Crippen LogP contribution in [0.4, 0.5) is 0 Å². The van der Waals surface area contributed by atoms with Gasteiger partial charge in [0.25, 0.3) is 5.95 Å². The number of rotatable bonds is 4. The summed E-state index contributed by atoms with van der Waals surface area (Å²) in [6.45, 7) is 0. The van der Waals surface area contributed by atoms with Crippen LogP contribution in [0.3, 0.4) is 0 Å². The molecule has 0 aliphatic heterocycles. The Morgan fingerprint density at radius 3 is 2.88 bits per heavy atom. The lowest BCUT2D eigenvalue weighted by atomic mass is 10.3. The Labute approximate surface area is 146 Å². The summed E-state index contributed by atoms with van der Waals surface area (Å²) in [6.07, 6.45) is 1.78. The average molecular weight is 358 g/mol. The van der Waals surface area contributed by atoms with Crippen molar-refractivity contribution in [3.05, 3.63) is 53.3 Å². The molecule has 3 aromatic heterocycles. The van der Waals surface area contributed by atoms with Crippen LogP contribution in [0.25, 0.3) is 17.0 Å². The third-order valence-corrected chi connectivity index (χ3v) is 4.67. The minimum atomic E-state index is 0.600. The van der Waals surface area contributed by atoms with E-state index in [4.69, 9.17) is 16.6 Å². The van der Waals surface area contributed by atoms with Gasteiger partial charge in [0, 0.05) is 24.0 Å². The maximum absolute atomic E-state index is 6.10. The van der Waals surface area contributed by atoms with Crippen LogP contribution in [0.2, 0.25) is 5.02 Å². The quantitative estimate of drug-likeness (QED) is 0.523. The number of hydrogen-bond donors (Lipinski definition) is 0. The first-order valence-electron chi connectivity index (χ1n) is 7.16. The minimum Gasteiger partial charge on any atom is -0.260 e. The van der Waals surface area contributed by atoms with Crippen LogP contribution in [0, 0.1) is 0 Å². The number of aromatic nitrogens is 7. The predicted molar refractivity (Wildman–Crippen MR) is 92.2 cm³/mol. The SMILES string of the molecule is Cn1nnnc1-n1c(SCc2ccccn2)nc2cc(Cl)ccc21. The van der Waals surface area contributed by atoms with Gasteiger partial charge in [0.1, 0.15) is 0 Å². The van der Waals surface area contributed by atoms with Gasteiger partial charge < -0.3 is 0 Å².